The lowest BCUT2D eigenvalue weighted by Gasteiger charge is -2.10. The summed E-state index contributed by atoms with van der Waals surface area (Å²) < 4.78 is 32.9. The molecule has 0 heterocycles. The third-order valence-corrected chi connectivity index (χ3v) is 2.28. The number of nitrogen functional groups attached to an aromatic ring is 1. The second-order valence-corrected chi connectivity index (χ2v) is 3.69. The molecule has 0 aliphatic carbocycles. The molecule has 0 atom stereocenters. The van der Waals surface area contributed by atoms with Gasteiger partial charge in [-0.15, -0.1) is 0 Å². The van der Waals surface area contributed by atoms with E-state index in [1.165, 1.54) is 13.2 Å². The number of anilines is 2. The molecule has 1 aromatic rings. The summed E-state index contributed by atoms with van der Waals surface area (Å²) in [5.74, 6) is -0.532. The minimum absolute atomic E-state index is 0.141. The number of alkyl halides is 2. The van der Waals surface area contributed by atoms with Crippen LogP contribution in [-0.2, 0) is 9.47 Å². The fourth-order valence-electron chi connectivity index (χ4n) is 1.39. The van der Waals surface area contributed by atoms with Gasteiger partial charge in [0, 0.05) is 17.9 Å². The van der Waals surface area contributed by atoms with Gasteiger partial charge in [-0.2, -0.15) is 0 Å². The number of hydrogen-bond acceptors (Lipinski definition) is 5. The largest absolute Gasteiger partial charge is 0.465 e. The minimum atomic E-state index is -2.47. The van der Waals surface area contributed by atoms with Crippen molar-refractivity contribution >= 4 is 17.3 Å². The molecule has 0 aliphatic heterocycles. The zero-order valence-electron chi connectivity index (χ0n) is 10.5. The number of carbonyl (C=O) groups is 1. The van der Waals surface area contributed by atoms with Crippen molar-refractivity contribution in [2.45, 2.75) is 6.43 Å². The maximum atomic E-state index is 11.8. The highest BCUT2D eigenvalue weighted by atomic mass is 19.3. The van der Waals surface area contributed by atoms with Gasteiger partial charge in [-0.3, -0.25) is 0 Å². The molecule has 5 nitrogen and oxygen atoms in total. The first-order valence-corrected chi connectivity index (χ1v) is 5.62. The molecule has 0 aliphatic rings. The molecule has 0 aromatic heterocycles. The molecule has 0 radical (unpaired) electrons. The van der Waals surface area contributed by atoms with Crippen molar-refractivity contribution in [3.8, 4) is 0 Å². The van der Waals surface area contributed by atoms with E-state index in [2.05, 4.69) is 10.1 Å². The lowest BCUT2D eigenvalue weighted by molar-refractivity contribution is 0.0215. The van der Waals surface area contributed by atoms with Crippen LogP contribution in [0.25, 0.3) is 0 Å². The summed E-state index contributed by atoms with van der Waals surface area (Å²) in [4.78, 5) is 11.4. The van der Waals surface area contributed by atoms with Crippen molar-refractivity contribution in [3.63, 3.8) is 0 Å². The van der Waals surface area contributed by atoms with Crippen LogP contribution in [0.1, 0.15) is 10.4 Å². The molecule has 1 aromatic carbocycles. The lowest BCUT2D eigenvalue weighted by Crippen LogP contribution is -2.13. The Bertz CT molecular complexity index is 427. The Balaban J connectivity index is 2.48. The van der Waals surface area contributed by atoms with E-state index in [0.717, 1.165) is 0 Å². The van der Waals surface area contributed by atoms with Crippen LogP contribution in [0.4, 0.5) is 20.2 Å². The van der Waals surface area contributed by atoms with E-state index >= 15 is 0 Å². The predicted octanol–water partition coefficient (Wildman–Crippen LogP) is 1.75. The molecular formula is C12H16F2N2O3. The molecule has 0 bridgehead atoms. The predicted molar refractivity (Wildman–Crippen MR) is 67.5 cm³/mol. The summed E-state index contributed by atoms with van der Waals surface area (Å²) in [7, 11) is 1.26. The third-order valence-electron chi connectivity index (χ3n) is 2.28. The van der Waals surface area contributed by atoms with Crippen LogP contribution in [0.5, 0.6) is 0 Å². The summed E-state index contributed by atoms with van der Waals surface area (Å²) in [6.45, 7) is -0.101. The van der Waals surface area contributed by atoms with E-state index in [4.69, 9.17) is 10.5 Å². The summed E-state index contributed by atoms with van der Waals surface area (Å²) in [5, 5.41) is 2.93. The van der Waals surface area contributed by atoms with Crippen molar-refractivity contribution in [2.24, 2.45) is 0 Å². The van der Waals surface area contributed by atoms with E-state index in [-0.39, 0.29) is 12.2 Å². The first-order valence-electron chi connectivity index (χ1n) is 5.62. The van der Waals surface area contributed by atoms with Gasteiger partial charge in [0.15, 0.2) is 0 Å². The number of carbonyl (C=O) groups excluding carboxylic acids is 1. The molecule has 3 N–H and O–H groups in total. The van der Waals surface area contributed by atoms with Crippen LogP contribution >= 0.6 is 0 Å². The molecule has 0 saturated carbocycles. The SMILES string of the molecule is COC(=O)c1cc(NCCOCC(F)F)ccc1N. The molecule has 19 heavy (non-hydrogen) atoms. The van der Waals surface area contributed by atoms with Gasteiger partial charge >= 0.3 is 5.97 Å². The Kier molecular flexibility index (Phi) is 6.01. The number of methoxy groups -OCH3 is 1. The molecule has 106 valence electrons. The van der Waals surface area contributed by atoms with Gasteiger partial charge in [0.2, 0.25) is 0 Å². The van der Waals surface area contributed by atoms with Crippen LogP contribution in [0.2, 0.25) is 0 Å². The maximum Gasteiger partial charge on any atom is 0.340 e. The molecule has 7 heteroatoms. The van der Waals surface area contributed by atoms with Gasteiger partial charge in [-0.25, -0.2) is 13.6 Å². The van der Waals surface area contributed by atoms with Gasteiger partial charge in [0.1, 0.15) is 6.61 Å². The Morgan fingerprint density at radius 2 is 2.21 bits per heavy atom. The minimum Gasteiger partial charge on any atom is -0.465 e. The first-order chi connectivity index (χ1) is 9.04. The highest BCUT2D eigenvalue weighted by Crippen LogP contribution is 2.18. The van der Waals surface area contributed by atoms with Crippen molar-refractivity contribution in [3.05, 3.63) is 23.8 Å². The quantitative estimate of drug-likeness (QED) is 0.450. The zero-order chi connectivity index (χ0) is 14.3. The second kappa shape index (κ2) is 7.52. The van der Waals surface area contributed by atoms with E-state index in [1.807, 2.05) is 0 Å². The molecule has 0 unspecified atom stereocenters. The fourth-order valence-corrected chi connectivity index (χ4v) is 1.39. The van der Waals surface area contributed by atoms with Gasteiger partial charge < -0.3 is 20.5 Å². The standard InChI is InChI=1S/C12H16F2N2O3/c1-18-12(17)9-6-8(2-3-10(9)15)16-4-5-19-7-11(13)14/h2-3,6,11,16H,4-5,7,15H2,1H3. The maximum absolute atomic E-state index is 11.8. The second-order valence-electron chi connectivity index (χ2n) is 3.69. The molecule has 0 saturated heterocycles. The van der Waals surface area contributed by atoms with Crippen molar-refractivity contribution < 1.29 is 23.0 Å². The van der Waals surface area contributed by atoms with E-state index in [1.54, 1.807) is 12.1 Å². The zero-order valence-corrected chi connectivity index (χ0v) is 10.5. The van der Waals surface area contributed by atoms with Crippen LogP contribution < -0.4 is 11.1 Å². The number of benzene rings is 1. The molecule has 0 spiro atoms. The Hall–Kier alpha value is -1.89. The highest BCUT2D eigenvalue weighted by molar-refractivity contribution is 5.96. The molecule has 0 fully saturated rings. The molecule has 1 rings (SSSR count). The van der Waals surface area contributed by atoms with Crippen molar-refractivity contribution in [1.29, 1.82) is 0 Å². The van der Waals surface area contributed by atoms with Gasteiger partial charge in [-0.05, 0) is 18.2 Å². The number of hydrogen-bond donors (Lipinski definition) is 2. The third kappa shape index (κ3) is 5.09. The van der Waals surface area contributed by atoms with Crippen LogP contribution in [-0.4, -0.2) is 39.3 Å². The van der Waals surface area contributed by atoms with E-state index in [9.17, 15) is 13.6 Å². The average Bonchev–Trinajstić information content (AvgIpc) is 2.39. The van der Waals surface area contributed by atoms with Crippen LogP contribution in [0, 0.1) is 0 Å². The highest BCUT2D eigenvalue weighted by Gasteiger charge is 2.10. The summed E-state index contributed by atoms with van der Waals surface area (Å²) in [5.41, 5.74) is 6.84. The lowest BCUT2D eigenvalue weighted by atomic mass is 10.1. The van der Waals surface area contributed by atoms with Gasteiger partial charge in [0.25, 0.3) is 6.43 Å². The van der Waals surface area contributed by atoms with Crippen molar-refractivity contribution in [2.75, 3.05) is 37.9 Å². The summed E-state index contributed by atoms with van der Waals surface area (Å²) in [6, 6.07) is 4.78. The van der Waals surface area contributed by atoms with E-state index < -0.39 is 19.0 Å². The summed E-state index contributed by atoms with van der Waals surface area (Å²) in [6.07, 6.45) is -2.47. The first kappa shape index (κ1) is 15.2. The van der Waals surface area contributed by atoms with Crippen LogP contribution in [0.3, 0.4) is 0 Å². The number of nitrogens with two attached hydrogens (primary N) is 1. The van der Waals surface area contributed by atoms with Gasteiger partial charge in [-0.1, -0.05) is 0 Å². The topological polar surface area (TPSA) is 73.6 Å². The monoisotopic (exact) mass is 274 g/mol. The average molecular weight is 274 g/mol. The Labute approximate surface area is 109 Å². The fraction of sp³-hybridized carbons (Fsp3) is 0.417. The smallest absolute Gasteiger partial charge is 0.340 e. The number of ether oxygens (including phenoxy) is 2. The molecular weight excluding hydrogens is 258 g/mol. The number of nitrogens with one attached hydrogen (secondary N) is 1. The Morgan fingerprint density at radius 3 is 2.84 bits per heavy atom. The Morgan fingerprint density at radius 1 is 1.47 bits per heavy atom. The summed E-state index contributed by atoms with van der Waals surface area (Å²) >= 11 is 0. The van der Waals surface area contributed by atoms with Crippen LogP contribution in [0.15, 0.2) is 18.2 Å². The number of halogens is 2. The molecule has 0 amide bonds. The number of rotatable bonds is 7. The normalized spacial score (nSPS) is 10.5. The van der Waals surface area contributed by atoms with E-state index in [0.29, 0.717) is 17.9 Å². The van der Waals surface area contributed by atoms with Crippen molar-refractivity contribution in [1.82, 2.24) is 0 Å². The number of esters is 1. The van der Waals surface area contributed by atoms with Gasteiger partial charge in [0.05, 0.1) is 19.3 Å².